The Hall–Kier alpha value is -3.22. The molecule has 0 aromatic heterocycles. The van der Waals surface area contributed by atoms with Crippen LogP contribution in [0, 0.1) is 13.8 Å². The van der Waals surface area contributed by atoms with Crippen molar-refractivity contribution in [3.63, 3.8) is 0 Å². The molecule has 0 radical (unpaired) electrons. The van der Waals surface area contributed by atoms with Crippen molar-refractivity contribution in [1.82, 2.24) is 10.7 Å². The lowest BCUT2D eigenvalue weighted by Crippen LogP contribution is -2.41. The molecular weight excluding hydrogens is 418 g/mol. The molecule has 0 unspecified atom stereocenters. The van der Waals surface area contributed by atoms with Gasteiger partial charge in [0.1, 0.15) is 19.0 Å². The SMILES string of the molecule is CCOc1cc(/C=N/NC(=O)NC2CCCCC2)ccc1OCCOc1ccc(C)c(C)c1. The molecule has 3 rings (SSSR count). The minimum Gasteiger partial charge on any atom is -0.490 e. The lowest BCUT2D eigenvalue weighted by atomic mass is 9.96. The molecule has 33 heavy (non-hydrogen) atoms. The van der Waals surface area contributed by atoms with Gasteiger partial charge in [0.25, 0.3) is 0 Å². The fourth-order valence-corrected chi connectivity index (χ4v) is 3.74. The zero-order valence-electron chi connectivity index (χ0n) is 19.9. The van der Waals surface area contributed by atoms with E-state index in [-0.39, 0.29) is 12.1 Å². The number of carbonyl (C=O) groups excluding carboxylic acids is 1. The molecule has 178 valence electrons. The summed E-state index contributed by atoms with van der Waals surface area (Å²) in [4.78, 5) is 12.0. The van der Waals surface area contributed by atoms with Gasteiger partial charge >= 0.3 is 6.03 Å². The predicted molar refractivity (Wildman–Crippen MR) is 131 cm³/mol. The molecule has 2 aromatic carbocycles. The Morgan fingerprint density at radius 1 is 0.970 bits per heavy atom. The van der Waals surface area contributed by atoms with Crippen molar-refractivity contribution in [2.45, 2.75) is 58.9 Å². The van der Waals surface area contributed by atoms with Gasteiger partial charge in [0.15, 0.2) is 11.5 Å². The summed E-state index contributed by atoms with van der Waals surface area (Å²) in [6.45, 7) is 7.40. The maximum atomic E-state index is 12.0. The van der Waals surface area contributed by atoms with E-state index in [1.165, 1.54) is 30.4 Å². The summed E-state index contributed by atoms with van der Waals surface area (Å²) < 4.78 is 17.4. The van der Waals surface area contributed by atoms with E-state index < -0.39 is 0 Å². The molecular formula is C26H35N3O4. The number of hydrazone groups is 1. The van der Waals surface area contributed by atoms with Crippen LogP contribution in [0.5, 0.6) is 17.2 Å². The zero-order valence-corrected chi connectivity index (χ0v) is 19.9. The number of nitrogens with zero attached hydrogens (tertiary/aromatic N) is 1. The number of carbonyl (C=O) groups is 1. The molecule has 0 heterocycles. The highest BCUT2D eigenvalue weighted by molar-refractivity contribution is 5.82. The fraction of sp³-hybridized carbons (Fsp3) is 0.462. The topological polar surface area (TPSA) is 81.2 Å². The average Bonchev–Trinajstić information content (AvgIpc) is 2.81. The van der Waals surface area contributed by atoms with E-state index in [1.54, 1.807) is 6.21 Å². The van der Waals surface area contributed by atoms with Crippen LogP contribution in [-0.4, -0.2) is 38.1 Å². The van der Waals surface area contributed by atoms with Crippen LogP contribution in [0.1, 0.15) is 55.7 Å². The van der Waals surface area contributed by atoms with Crippen molar-refractivity contribution in [2.24, 2.45) is 5.10 Å². The minimum atomic E-state index is -0.271. The highest BCUT2D eigenvalue weighted by atomic mass is 16.5. The summed E-state index contributed by atoms with van der Waals surface area (Å²) >= 11 is 0. The van der Waals surface area contributed by atoms with E-state index in [1.807, 2.05) is 43.3 Å². The van der Waals surface area contributed by atoms with E-state index in [0.29, 0.717) is 31.3 Å². The van der Waals surface area contributed by atoms with Gasteiger partial charge in [-0.1, -0.05) is 25.3 Å². The summed E-state index contributed by atoms with van der Waals surface area (Å²) in [5, 5.41) is 7.03. The Morgan fingerprint density at radius 3 is 2.52 bits per heavy atom. The third kappa shape index (κ3) is 8.00. The van der Waals surface area contributed by atoms with Crippen LogP contribution in [0.15, 0.2) is 41.5 Å². The minimum absolute atomic E-state index is 0.244. The highest BCUT2D eigenvalue weighted by Crippen LogP contribution is 2.28. The molecule has 1 saturated carbocycles. The van der Waals surface area contributed by atoms with E-state index in [2.05, 4.69) is 29.7 Å². The Kier molecular flexibility index (Phi) is 9.42. The quantitative estimate of drug-likeness (QED) is 0.297. The molecule has 0 bridgehead atoms. The first-order valence-electron chi connectivity index (χ1n) is 11.7. The highest BCUT2D eigenvalue weighted by Gasteiger charge is 2.15. The Bertz CT molecular complexity index is 939. The van der Waals surface area contributed by atoms with Gasteiger partial charge in [-0.2, -0.15) is 5.10 Å². The van der Waals surface area contributed by atoms with Crippen molar-refractivity contribution in [3.05, 3.63) is 53.1 Å². The predicted octanol–water partition coefficient (Wildman–Crippen LogP) is 5.13. The number of ether oxygens (including phenoxy) is 3. The second-order valence-electron chi connectivity index (χ2n) is 8.26. The fourth-order valence-electron chi connectivity index (χ4n) is 3.74. The summed E-state index contributed by atoms with van der Waals surface area (Å²) in [5.74, 6) is 2.10. The maximum Gasteiger partial charge on any atom is 0.335 e. The average molecular weight is 454 g/mol. The van der Waals surface area contributed by atoms with Crippen LogP contribution in [0.4, 0.5) is 4.79 Å². The second kappa shape index (κ2) is 12.7. The first-order chi connectivity index (χ1) is 16.0. The van der Waals surface area contributed by atoms with Crippen molar-refractivity contribution < 1.29 is 19.0 Å². The Labute approximate surface area is 196 Å². The lowest BCUT2D eigenvalue weighted by molar-refractivity contribution is 0.208. The third-order valence-corrected chi connectivity index (χ3v) is 5.68. The number of urea groups is 1. The monoisotopic (exact) mass is 453 g/mol. The number of nitrogens with one attached hydrogen (secondary N) is 2. The molecule has 1 aliphatic rings. The van der Waals surface area contributed by atoms with E-state index >= 15 is 0 Å². The van der Waals surface area contributed by atoms with Crippen LogP contribution in [0.2, 0.25) is 0 Å². The summed E-state index contributed by atoms with van der Waals surface area (Å²) in [6, 6.07) is 11.6. The smallest absolute Gasteiger partial charge is 0.335 e. The van der Waals surface area contributed by atoms with E-state index in [0.717, 1.165) is 24.2 Å². The van der Waals surface area contributed by atoms with Crippen LogP contribution < -0.4 is 25.0 Å². The molecule has 0 atom stereocenters. The summed E-state index contributed by atoms with van der Waals surface area (Å²) in [6.07, 6.45) is 7.24. The van der Waals surface area contributed by atoms with Gasteiger partial charge in [-0.05, 0) is 80.6 Å². The van der Waals surface area contributed by atoms with Crippen LogP contribution in [0.25, 0.3) is 0 Å². The number of hydrogen-bond donors (Lipinski definition) is 2. The van der Waals surface area contributed by atoms with Crippen molar-refractivity contribution in [2.75, 3.05) is 19.8 Å². The normalized spacial score (nSPS) is 14.2. The van der Waals surface area contributed by atoms with Crippen molar-refractivity contribution >= 4 is 12.2 Å². The van der Waals surface area contributed by atoms with Gasteiger partial charge in [-0.15, -0.1) is 0 Å². The number of aryl methyl sites for hydroxylation is 2. The Balaban J connectivity index is 1.48. The number of hydrogen-bond acceptors (Lipinski definition) is 5. The molecule has 0 spiro atoms. The van der Waals surface area contributed by atoms with E-state index in [9.17, 15) is 4.79 Å². The number of rotatable bonds is 10. The molecule has 0 aliphatic heterocycles. The second-order valence-corrected chi connectivity index (χ2v) is 8.26. The first kappa shape index (κ1) is 24.4. The third-order valence-electron chi connectivity index (χ3n) is 5.68. The van der Waals surface area contributed by atoms with Gasteiger partial charge in [0.2, 0.25) is 0 Å². The van der Waals surface area contributed by atoms with Gasteiger partial charge in [0.05, 0.1) is 12.8 Å². The maximum absolute atomic E-state index is 12.0. The van der Waals surface area contributed by atoms with Gasteiger partial charge in [-0.25, -0.2) is 10.2 Å². The van der Waals surface area contributed by atoms with Crippen LogP contribution in [-0.2, 0) is 0 Å². The van der Waals surface area contributed by atoms with Crippen LogP contribution in [0.3, 0.4) is 0 Å². The standard InChI is InChI=1S/C26H35N3O4/c1-4-31-25-17-21(18-27-29-26(30)28-22-8-6-5-7-9-22)11-13-24(25)33-15-14-32-23-12-10-19(2)20(3)16-23/h10-13,16-18,22H,4-9,14-15H2,1-3H3,(H2,28,29,30)/b27-18+. The zero-order chi connectivity index (χ0) is 23.5. The molecule has 7 nitrogen and oxygen atoms in total. The largest absolute Gasteiger partial charge is 0.490 e. The molecule has 0 saturated heterocycles. The van der Waals surface area contributed by atoms with E-state index in [4.69, 9.17) is 14.2 Å². The first-order valence-corrected chi connectivity index (χ1v) is 11.7. The summed E-state index contributed by atoms with van der Waals surface area (Å²) in [5.41, 5.74) is 5.78. The molecule has 2 aromatic rings. The van der Waals surface area contributed by atoms with Crippen LogP contribution >= 0.6 is 0 Å². The molecule has 1 aliphatic carbocycles. The molecule has 1 fully saturated rings. The van der Waals surface area contributed by atoms with Gasteiger partial charge in [-0.3, -0.25) is 0 Å². The Morgan fingerprint density at radius 2 is 1.76 bits per heavy atom. The lowest BCUT2D eigenvalue weighted by Gasteiger charge is -2.22. The number of benzene rings is 2. The summed E-state index contributed by atoms with van der Waals surface area (Å²) in [7, 11) is 0. The molecule has 2 N–H and O–H groups in total. The number of amides is 2. The van der Waals surface area contributed by atoms with Gasteiger partial charge < -0.3 is 19.5 Å². The van der Waals surface area contributed by atoms with Gasteiger partial charge in [0, 0.05) is 6.04 Å². The van der Waals surface area contributed by atoms with Crippen molar-refractivity contribution in [1.29, 1.82) is 0 Å². The molecule has 2 amide bonds. The molecule has 7 heteroatoms. The van der Waals surface area contributed by atoms with Crippen molar-refractivity contribution in [3.8, 4) is 17.2 Å².